The molecule has 0 saturated carbocycles. The van der Waals surface area contributed by atoms with Crippen molar-refractivity contribution in [1.82, 2.24) is 4.57 Å². The summed E-state index contributed by atoms with van der Waals surface area (Å²) in [6, 6.07) is 8.69. The van der Waals surface area contributed by atoms with Crippen molar-refractivity contribution in [3.63, 3.8) is 0 Å². The molecule has 1 aromatic heterocycles. The fourth-order valence-corrected chi connectivity index (χ4v) is 4.73. The molecule has 3 aromatic rings. The number of benzene rings is 2. The molecule has 0 atom stereocenters. The van der Waals surface area contributed by atoms with Crippen molar-refractivity contribution in [3.8, 4) is 17.0 Å². The van der Waals surface area contributed by atoms with Gasteiger partial charge in [0.05, 0.1) is 17.8 Å². The van der Waals surface area contributed by atoms with Gasteiger partial charge < -0.3 is 9.30 Å². The third-order valence-electron chi connectivity index (χ3n) is 4.47. The molecule has 0 bridgehead atoms. The van der Waals surface area contributed by atoms with E-state index < -0.39 is 10.0 Å². The summed E-state index contributed by atoms with van der Waals surface area (Å²) in [6.07, 6.45) is 0. The van der Waals surface area contributed by atoms with Crippen molar-refractivity contribution in [2.75, 3.05) is 7.11 Å². The zero-order chi connectivity index (χ0) is 20.6. The number of sulfonamides is 1. The number of thiazole rings is 1. The number of aryl methyl sites for hydroxylation is 2. The van der Waals surface area contributed by atoms with Gasteiger partial charge in [-0.3, -0.25) is 0 Å². The lowest BCUT2D eigenvalue weighted by Crippen LogP contribution is -2.14. The van der Waals surface area contributed by atoms with Crippen molar-refractivity contribution in [3.05, 3.63) is 56.7 Å². The number of methoxy groups -OCH3 is 1. The second-order valence-corrected chi connectivity index (χ2v) is 9.15. The van der Waals surface area contributed by atoms with E-state index in [9.17, 15) is 8.42 Å². The number of hydrogen-bond acceptors (Lipinski definition) is 5. The Labute approximate surface area is 189 Å². The maximum atomic E-state index is 11.8. The van der Waals surface area contributed by atoms with Crippen LogP contribution in [0.4, 0.5) is 5.69 Å². The quantitative estimate of drug-likeness (QED) is 0.552. The highest BCUT2D eigenvalue weighted by Gasteiger charge is 2.16. The van der Waals surface area contributed by atoms with Crippen molar-refractivity contribution >= 4 is 55.6 Å². The first-order valence-corrected chi connectivity index (χ1v) is 11.1. The van der Waals surface area contributed by atoms with Gasteiger partial charge in [-0.15, -0.1) is 28.3 Å². The Bertz CT molecular complexity index is 1230. The van der Waals surface area contributed by atoms with Gasteiger partial charge in [-0.1, -0.05) is 17.7 Å². The third-order valence-corrected chi connectivity index (χ3v) is 6.78. The Morgan fingerprint density at radius 2 is 1.83 bits per heavy atom. The zero-order valence-corrected chi connectivity index (χ0v) is 20.4. The number of ether oxygens (including phenoxy) is 1. The minimum Gasteiger partial charge on any atom is -0.494 e. The van der Waals surface area contributed by atoms with Crippen LogP contribution in [-0.2, 0) is 17.1 Å². The second kappa shape index (κ2) is 9.01. The van der Waals surface area contributed by atoms with Crippen LogP contribution in [0.1, 0.15) is 11.1 Å². The third kappa shape index (κ3) is 4.92. The summed E-state index contributed by atoms with van der Waals surface area (Å²) < 4.78 is 30.9. The topological polar surface area (TPSA) is 86.7 Å². The number of nitrogens with two attached hydrogens (primary N) is 1. The first-order chi connectivity index (χ1) is 13.1. The van der Waals surface area contributed by atoms with Crippen molar-refractivity contribution in [2.24, 2.45) is 17.2 Å². The Morgan fingerprint density at radius 1 is 1.17 bits per heavy atom. The molecule has 6 nitrogen and oxygen atoms in total. The number of nitrogens with zero attached hydrogens (tertiary/aromatic N) is 2. The Morgan fingerprint density at radius 3 is 2.45 bits per heavy atom. The van der Waals surface area contributed by atoms with Gasteiger partial charge >= 0.3 is 0 Å². The molecule has 0 aliphatic carbocycles. The van der Waals surface area contributed by atoms with Crippen molar-refractivity contribution in [2.45, 2.75) is 18.7 Å². The molecule has 2 aromatic carbocycles. The SMILES string of the molecule is Br.COc1cc(C)c(C)cc1/N=c1/scc(-c2ccc(Cl)c(S(N)(=O)=O)c2)n1C. The van der Waals surface area contributed by atoms with Crippen LogP contribution in [0.5, 0.6) is 5.75 Å². The number of rotatable bonds is 4. The van der Waals surface area contributed by atoms with E-state index in [0.29, 0.717) is 11.3 Å². The lowest BCUT2D eigenvalue weighted by molar-refractivity contribution is 0.415. The summed E-state index contributed by atoms with van der Waals surface area (Å²) in [5.74, 6) is 0.695. The van der Waals surface area contributed by atoms with E-state index >= 15 is 0 Å². The molecule has 10 heteroatoms. The molecule has 3 rings (SSSR count). The number of primary sulfonamides is 1. The first kappa shape index (κ1) is 23.6. The molecule has 0 fully saturated rings. The highest BCUT2D eigenvalue weighted by Crippen LogP contribution is 2.31. The van der Waals surface area contributed by atoms with Gasteiger partial charge in [0.1, 0.15) is 16.3 Å². The lowest BCUT2D eigenvalue weighted by atomic mass is 10.1. The van der Waals surface area contributed by atoms with Crippen molar-refractivity contribution < 1.29 is 13.2 Å². The smallest absolute Gasteiger partial charge is 0.239 e. The van der Waals surface area contributed by atoms with Crippen LogP contribution in [0.2, 0.25) is 5.02 Å². The molecule has 0 radical (unpaired) electrons. The molecule has 0 aliphatic rings. The molecule has 0 amide bonds. The summed E-state index contributed by atoms with van der Waals surface area (Å²) in [5.41, 5.74) is 4.46. The number of halogens is 2. The molecule has 0 aliphatic heterocycles. The highest BCUT2D eigenvalue weighted by molar-refractivity contribution is 8.93. The standard InChI is InChI=1S/C19H20ClN3O3S2.BrH/c1-11-7-15(17(26-4)8-12(11)2)22-19-23(3)16(10-27-19)13-5-6-14(20)18(9-13)28(21,24)25;/h5-10H,1-4H3,(H2,21,24,25);1H/b22-19+;. The summed E-state index contributed by atoms with van der Waals surface area (Å²) in [5, 5.41) is 7.26. The van der Waals surface area contributed by atoms with E-state index in [4.69, 9.17) is 26.5 Å². The maximum absolute atomic E-state index is 11.8. The second-order valence-electron chi connectivity index (χ2n) is 6.37. The van der Waals surface area contributed by atoms with E-state index in [2.05, 4.69) is 0 Å². The van der Waals surface area contributed by atoms with Gasteiger partial charge in [0.25, 0.3) is 0 Å². The average Bonchev–Trinajstić information content (AvgIpc) is 2.98. The normalized spacial score (nSPS) is 12.0. The summed E-state index contributed by atoms with van der Waals surface area (Å²) >= 11 is 7.43. The Kier molecular flexibility index (Phi) is 7.34. The molecule has 29 heavy (non-hydrogen) atoms. The largest absolute Gasteiger partial charge is 0.494 e. The van der Waals surface area contributed by atoms with Crippen LogP contribution in [0.25, 0.3) is 11.3 Å². The van der Waals surface area contributed by atoms with Crippen LogP contribution in [0, 0.1) is 13.8 Å². The lowest BCUT2D eigenvalue weighted by Gasteiger charge is -2.09. The van der Waals surface area contributed by atoms with Crippen molar-refractivity contribution in [1.29, 1.82) is 0 Å². The van der Waals surface area contributed by atoms with Crippen LogP contribution in [0.3, 0.4) is 0 Å². The van der Waals surface area contributed by atoms with Gasteiger partial charge in [-0.05, 0) is 49.2 Å². The summed E-state index contributed by atoms with van der Waals surface area (Å²) in [7, 11) is -0.433. The predicted octanol–water partition coefficient (Wildman–Crippen LogP) is 4.49. The molecule has 0 saturated heterocycles. The minimum atomic E-state index is -3.91. The molecule has 0 spiro atoms. The number of hydrogen-bond donors (Lipinski definition) is 1. The predicted molar refractivity (Wildman–Crippen MR) is 123 cm³/mol. The van der Waals surface area contributed by atoms with Gasteiger partial charge in [0.15, 0.2) is 4.80 Å². The van der Waals surface area contributed by atoms with E-state index in [-0.39, 0.29) is 26.9 Å². The van der Waals surface area contributed by atoms with E-state index in [1.165, 1.54) is 23.5 Å². The van der Waals surface area contributed by atoms with E-state index in [1.54, 1.807) is 13.2 Å². The Hall–Kier alpha value is -1.65. The first-order valence-electron chi connectivity index (χ1n) is 8.29. The monoisotopic (exact) mass is 517 g/mol. The van der Waals surface area contributed by atoms with Gasteiger partial charge in [0.2, 0.25) is 10.0 Å². The van der Waals surface area contributed by atoms with E-state index in [1.807, 2.05) is 43.0 Å². The van der Waals surface area contributed by atoms with Crippen LogP contribution >= 0.6 is 39.9 Å². The van der Waals surface area contributed by atoms with Gasteiger partial charge in [-0.2, -0.15) is 0 Å². The number of aromatic nitrogens is 1. The summed E-state index contributed by atoms with van der Waals surface area (Å²) in [4.78, 5) is 5.37. The fraction of sp³-hybridized carbons (Fsp3) is 0.211. The molecular formula is C19H21BrClN3O3S2. The Balaban J connectivity index is 0.00000300. The average molecular weight is 519 g/mol. The van der Waals surface area contributed by atoms with E-state index in [0.717, 1.165) is 27.3 Å². The van der Waals surface area contributed by atoms with Gasteiger partial charge in [-0.25, -0.2) is 18.5 Å². The zero-order valence-electron chi connectivity index (χ0n) is 16.3. The highest BCUT2D eigenvalue weighted by atomic mass is 79.9. The molecule has 0 unspecified atom stereocenters. The fourth-order valence-electron chi connectivity index (χ4n) is 2.74. The molecule has 156 valence electrons. The molecule has 1 heterocycles. The minimum absolute atomic E-state index is 0. The van der Waals surface area contributed by atoms with Crippen LogP contribution in [0.15, 0.2) is 45.6 Å². The summed E-state index contributed by atoms with van der Waals surface area (Å²) in [6.45, 7) is 4.05. The van der Waals surface area contributed by atoms with Gasteiger partial charge in [0, 0.05) is 18.0 Å². The van der Waals surface area contributed by atoms with Crippen LogP contribution < -0.4 is 14.7 Å². The van der Waals surface area contributed by atoms with Crippen LogP contribution in [-0.4, -0.2) is 20.1 Å². The molecule has 2 N–H and O–H groups in total. The maximum Gasteiger partial charge on any atom is 0.239 e. The molecular weight excluding hydrogens is 498 g/mol.